The van der Waals surface area contributed by atoms with Gasteiger partial charge in [0.05, 0.1) is 0 Å². The Morgan fingerprint density at radius 1 is 0.974 bits per heavy atom. The van der Waals surface area contributed by atoms with Gasteiger partial charge in [-0.05, 0) is 68.7 Å². The molecule has 3 saturated heterocycles. The van der Waals surface area contributed by atoms with Crippen molar-refractivity contribution in [3.8, 4) is 5.75 Å². The molecule has 6 rings (SSSR count). The summed E-state index contributed by atoms with van der Waals surface area (Å²) in [5.74, 6) is 0.688. The van der Waals surface area contributed by atoms with Crippen molar-refractivity contribution in [2.24, 2.45) is 5.92 Å². The SMILES string of the molecule is CC(=O)N1CCCCC1C1CN([C@H]2CCCC[C@H]2Oc2ccc3c(c2)CN(C2CCC(=O)NC2=O)C3=O)C1. The average Bonchev–Trinajstić information content (AvgIpc) is 3.19. The predicted octanol–water partition coefficient (Wildman–Crippen LogP) is 2.47. The number of carbonyl (C=O) groups excluding carboxylic acids is 4. The number of nitrogens with one attached hydrogen (secondary N) is 1. The minimum absolute atomic E-state index is 0.0985. The monoisotopic (exact) mass is 522 g/mol. The number of ether oxygens (including phenoxy) is 1. The van der Waals surface area contributed by atoms with E-state index in [9.17, 15) is 19.2 Å². The average molecular weight is 523 g/mol. The fraction of sp³-hybridized carbons (Fsp3) is 0.655. The van der Waals surface area contributed by atoms with E-state index < -0.39 is 11.9 Å². The Labute approximate surface area is 223 Å². The molecule has 1 N–H and O–H groups in total. The molecule has 0 bridgehead atoms. The van der Waals surface area contributed by atoms with Crippen molar-refractivity contribution in [2.45, 2.75) is 95.5 Å². The molecule has 2 unspecified atom stereocenters. The van der Waals surface area contributed by atoms with Gasteiger partial charge < -0.3 is 14.5 Å². The second kappa shape index (κ2) is 10.3. The number of piperidine rings is 2. The summed E-state index contributed by atoms with van der Waals surface area (Å²) in [4.78, 5) is 55.3. The molecule has 0 radical (unpaired) electrons. The lowest BCUT2D eigenvalue weighted by Crippen LogP contribution is -2.63. The van der Waals surface area contributed by atoms with Gasteiger partial charge in [-0.3, -0.25) is 29.4 Å². The first-order valence-corrected chi connectivity index (χ1v) is 14.3. The van der Waals surface area contributed by atoms with Crippen LogP contribution in [0, 0.1) is 5.92 Å². The number of hydrogen-bond donors (Lipinski definition) is 1. The summed E-state index contributed by atoms with van der Waals surface area (Å²) in [6, 6.07) is 5.78. The molecule has 0 aromatic heterocycles. The van der Waals surface area contributed by atoms with Crippen LogP contribution in [0.4, 0.5) is 0 Å². The molecule has 4 amide bonds. The predicted molar refractivity (Wildman–Crippen MR) is 139 cm³/mol. The van der Waals surface area contributed by atoms with Crippen LogP contribution in [0.15, 0.2) is 18.2 Å². The highest BCUT2D eigenvalue weighted by Gasteiger charge is 2.44. The Balaban J connectivity index is 1.10. The van der Waals surface area contributed by atoms with Crippen molar-refractivity contribution < 1.29 is 23.9 Å². The number of likely N-dealkylation sites (tertiary alicyclic amines) is 2. The van der Waals surface area contributed by atoms with Crippen LogP contribution in [0.1, 0.15) is 80.6 Å². The largest absolute Gasteiger partial charge is 0.489 e. The van der Waals surface area contributed by atoms with E-state index in [0.29, 0.717) is 36.5 Å². The van der Waals surface area contributed by atoms with Crippen molar-refractivity contribution in [1.82, 2.24) is 20.0 Å². The zero-order valence-corrected chi connectivity index (χ0v) is 22.2. The topological polar surface area (TPSA) is 99.3 Å². The highest BCUT2D eigenvalue weighted by Crippen LogP contribution is 2.37. The molecule has 38 heavy (non-hydrogen) atoms. The molecule has 1 aromatic carbocycles. The summed E-state index contributed by atoms with van der Waals surface area (Å²) < 4.78 is 6.58. The van der Waals surface area contributed by atoms with Gasteiger partial charge in [0.1, 0.15) is 17.9 Å². The Hall–Kier alpha value is -2.94. The second-order valence-corrected chi connectivity index (χ2v) is 11.7. The molecule has 5 aliphatic rings. The fourth-order valence-electron chi connectivity index (χ4n) is 7.33. The van der Waals surface area contributed by atoms with E-state index in [0.717, 1.165) is 63.1 Å². The molecule has 4 atom stereocenters. The van der Waals surface area contributed by atoms with Gasteiger partial charge in [0.2, 0.25) is 17.7 Å². The normalized spacial score (nSPS) is 30.6. The van der Waals surface area contributed by atoms with Crippen LogP contribution in [-0.2, 0) is 20.9 Å². The van der Waals surface area contributed by atoms with Gasteiger partial charge >= 0.3 is 0 Å². The number of benzene rings is 1. The van der Waals surface area contributed by atoms with E-state index in [1.54, 1.807) is 11.8 Å². The number of fused-ring (bicyclic) bond motifs is 1. The Morgan fingerprint density at radius 2 is 1.74 bits per heavy atom. The molecular formula is C29H38N4O5. The minimum Gasteiger partial charge on any atom is -0.489 e. The van der Waals surface area contributed by atoms with Crippen LogP contribution in [0.5, 0.6) is 5.75 Å². The first-order valence-electron chi connectivity index (χ1n) is 14.3. The molecule has 1 aromatic rings. The quantitative estimate of drug-likeness (QED) is 0.597. The zero-order chi connectivity index (χ0) is 26.4. The van der Waals surface area contributed by atoms with E-state index in [4.69, 9.17) is 4.74 Å². The summed E-state index contributed by atoms with van der Waals surface area (Å²) >= 11 is 0. The summed E-state index contributed by atoms with van der Waals surface area (Å²) in [5, 5.41) is 2.36. The molecule has 204 valence electrons. The lowest BCUT2D eigenvalue weighted by Gasteiger charge is -2.53. The third kappa shape index (κ3) is 4.70. The standard InChI is InChI=1S/C29H38N4O5/c1-18(34)32-13-5-4-6-23(32)20-15-31(16-20)24-7-2-3-8-26(24)38-21-9-10-22-19(14-21)17-33(29(22)37)25-11-12-27(35)30-28(25)36/h9-10,14,20,23-26H,2-8,11-13,15-17H2,1H3,(H,30,35,36)/t23?,24-,25?,26+/m0/s1. The van der Waals surface area contributed by atoms with Crippen LogP contribution in [0.25, 0.3) is 0 Å². The van der Waals surface area contributed by atoms with Crippen LogP contribution in [-0.4, -0.2) is 82.2 Å². The van der Waals surface area contributed by atoms with Crippen molar-refractivity contribution in [3.63, 3.8) is 0 Å². The summed E-state index contributed by atoms with van der Waals surface area (Å²) in [6.45, 7) is 5.01. The molecule has 0 spiro atoms. The Bertz CT molecular complexity index is 1130. The smallest absolute Gasteiger partial charge is 0.255 e. The number of imide groups is 1. The molecule has 4 heterocycles. The van der Waals surface area contributed by atoms with Crippen LogP contribution in [0.2, 0.25) is 0 Å². The van der Waals surface area contributed by atoms with E-state index in [2.05, 4.69) is 15.1 Å². The van der Waals surface area contributed by atoms with E-state index in [-0.39, 0.29) is 30.2 Å². The number of nitrogens with zero attached hydrogens (tertiary/aromatic N) is 3. The second-order valence-electron chi connectivity index (χ2n) is 11.7. The number of hydrogen-bond acceptors (Lipinski definition) is 6. The molecular weight excluding hydrogens is 484 g/mol. The highest BCUT2D eigenvalue weighted by molar-refractivity contribution is 6.05. The maximum absolute atomic E-state index is 13.0. The highest BCUT2D eigenvalue weighted by atomic mass is 16.5. The van der Waals surface area contributed by atoms with Crippen molar-refractivity contribution in [1.29, 1.82) is 0 Å². The first kappa shape index (κ1) is 25.3. The first-order chi connectivity index (χ1) is 18.4. The van der Waals surface area contributed by atoms with Gasteiger partial charge in [0.15, 0.2) is 0 Å². The molecule has 9 heteroatoms. The molecule has 9 nitrogen and oxygen atoms in total. The van der Waals surface area contributed by atoms with Crippen molar-refractivity contribution >= 4 is 23.6 Å². The van der Waals surface area contributed by atoms with Gasteiger partial charge in [0.25, 0.3) is 5.91 Å². The Kier molecular flexibility index (Phi) is 6.88. The van der Waals surface area contributed by atoms with Crippen LogP contribution in [0.3, 0.4) is 0 Å². The van der Waals surface area contributed by atoms with E-state index >= 15 is 0 Å². The van der Waals surface area contributed by atoms with Gasteiger partial charge in [-0.1, -0.05) is 6.42 Å². The summed E-state index contributed by atoms with van der Waals surface area (Å²) in [6.07, 6.45) is 8.62. The molecule has 1 aliphatic carbocycles. The summed E-state index contributed by atoms with van der Waals surface area (Å²) in [5.41, 5.74) is 1.48. The maximum atomic E-state index is 13.0. The number of amides is 4. The zero-order valence-electron chi connectivity index (χ0n) is 22.2. The molecule has 4 aliphatic heterocycles. The Morgan fingerprint density at radius 3 is 2.53 bits per heavy atom. The van der Waals surface area contributed by atoms with Crippen LogP contribution < -0.4 is 10.1 Å². The van der Waals surface area contributed by atoms with Gasteiger partial charge in [-0.15, -0.1) is 0 Å². The van der Waals surface area contributed by atoms with E-state index in [1.807, 2.05) is 18.2 Å². The van der Waals surface area contributed by atoms with Gasteiger partial charge in [0, 0.05) is 63.1 Å². The van der Waals surface area contributed by atoms with Crippen LogP contribution >= 0.6 is 0 Å². The number of rotatable bonds is 5. The van der Waals surface area contributed by atoms with Crippen molar-refractivity contribution in [2.75, 3.05) is 19.6 Å². The molecule has 1 saturated carbocycles. The van der Waals surface area contributed by atoms with E-state index in [1.165, 1.54) is 12.8 Å². The van der Waals surface area contributed by atoms with Crippen molar-refractivity contribution in [3.05, 3.63) is 29.3 Å². The maximum Gasteiger partial charge on any atom is 0.255 e. The lowest BCUT2D eigenvalue weighted by atomic mass is 9.81. The lowest BCUT2D eigenvalue weighted by molar-refractivity contribution is -0.138. The minimum atomic E-state index is -0.609. The fourth-order valence-corrected chi connectivity index (χ4v) is 7.33. The van der Waals surface area contributed by atoms with Gasteiger partial charge in [-0.25, -0.2) is 0 Å². The third-order valence-electron chi connectivity index (χ3n) is 9.36. The summed E-state index contributed by atoms with van der Waals surface area (Å²) in [7, 11) is 0. The number of carbonyl (C=O) groups is 4. The third-order valence-corrected chi connectivity index (χ3v) is 9.36. The van der Waals surface area contributed by atoms with Gasteiger partial charge in [-0.2, -0.15) is 0 Å². The molecule has 4 fully saturated rings.